The van der Waals surface area contributed by atoms with Crippen molar-refractivity contribution in [2.45, 2.75) is 19.9 Å². The topological polar surface area (TPSA) is 79.8 Å². The van der Waals surface area contributed by atoms with Gasteiger partial charge in [0.2, 0.25) is 0 Å². The van der Waals surface area contributed by atoms with Gasteiger partial charge in [-0.2, -0.15) is 5.10 Å². The molecule has 2 aromatic rings. The monoisotopic (exact) mass is 449 g/mol. The Balaban J connectivity index is 2.08. The summed E-state index contributed by atoms with van der Waals surface area (Å²) in [5.74, 6) is -1.46. The van der Waals surface area contributed by atoms with E-state index in [1.54, 1.807) is 32.0 Å². The molecule has 0 saturated carbocycles. The Morgan fingerprint density at radius 2 is 1.93 bits per heavy atom. The SMILES string of the molecule is COc1ccc(Br)cc1C=NNC(=O)C(NC(=O)c1ccccc1F)C(C)C. The summed E-state index contributed by atoms with van der Waals surface area (Å²) in [6.07, 6.45) is 1.44. The van der Waals surface area contributed by atoms with E-state index in [9.17, 15) is 14.0 Å². The Morgan fingerprint density at radius 1 is 1.21 bits per heavy atom. The molecule has 2 N–H and O–H groups in total. The molecule has 0 spiro atoms. The number of hydrogen-bond acceptors (Lipinski definition) is 4. The van der Waals surface area contributed by atoms with Crippen molar-refractivity contribution < 1.29 is 18.7 Å². The first kappa shape index (κ1) is 21.6. The smallest absolute Gasteiger partial charge is 0.262 e. The Hall–Kier alpha value is -2.74. The van der Waals surface area contributed by atoms with Crippen molar-refractivity contribution in [3.8, 4) is 5.75 Å². The van der Waals surface area contributed by atoms with Crippen LogP contribution in [0.25, 0.3) is 0 Å². The minimum atomic E-state index is -0.881. The zero-order valence-corrected chi connectivity index (χ0v) is 17.3. The van der Waals surface area contributed by atoms with Crippen molar-refractivity contribution in [2.24, 2.45) is 11.0 Å². The Bertz CT molecular complexity index is 887. The third-order valence-electron chi connectivity index (χ3n) is 3.92. The van der Waals surface area contributed by atoms with Gasteiger partial charge >= 0.3 is 0 Å². The zero-order chi connectivity index (χ0) is 20.7. The number of carbonyl (C=O) groups excluding carboxylic acids is 2. The minimum Gasteiger partial charge on any atom is -0.496 e. The van der Waals surface area contributed by atoms with E-state index in [1.807, 2.05) is 6.07 Å². The van der Waals surface area contributed by atoms with E-state index in [-0.39, 0.29) is 11.5 Å². The van der Waals surface area contributed by atoms with E-state index in [4.69, 9.17) is 4.74 Å². The molecule has 0 aliphatic carbocycles. The highest BCUT2D eigenvalue weighted by atomic mass is 79.9. The molecule has 0 saturated heterocycles. The molecule has 6 nitrogen and oxygen atoms in total. The standard InChI is InChI=1S/C20H21BrFN3O3/c1-12(2)18(24-19(26)15-6-4-5-7-16(15)22)20(27)25-23-11-13-10-14(21)8-9-17(13)28-3/h4-12,18H,1-3H3,(H,24,26)(H,25,27). The van der Waals surface area contributed by atoms with Crippen LogP contribution in [0.1, 0.15) is 29.8 Å². The van der Waals surface area contributed by atoms with Gasteiger partial charge in [0.15, 0.2) is 0 Å². The maximum atomic E-state index is 13.8. The second-order valence-electron chi connectivity index (χ2n) is 6.30. The van der Waals surface area contributed by atoms with Gasteiger partial charge in [-0.15, -0.1) is 0 Å². The molecule has 2 amide bonds. The molecule has 2 rings (SSSR count). The van der Waals surface area contributed by atoms with Crippen LogP contribution in [0.15, 0.2) is 52.0 Å². The molecular weight excluding hydrogens is 429 g/mol. The molecule has 1 unspecified atom stereocenters. The molecule has 148 valence electrons. The third-order valence-corrected chi connectivity index (χ3v) is 4.42. The minimum absolute atomic E-state index is 0.122. The average Bonchev–Trinajstić information content (AvgIpc) is 2.66. The molecular formula is C20H21BrFN3O3. The molecule has 28 heavy (non-hydrogen) atoms. The summed E-state index contributed by atoms with van der Waals surface area (Å²) in [5, 5.41) is 6.50. The molecule has 2 aromatic carbocycles. The number of ether oxygens (including phenoxy) is 1. The largest absolute Gasteiger partial charge is 0.496 e. The van der Waals surface area contributed by atoms with Gasteiger partial charge in [0.05, 0.1) is 18.9 Å². The van der Waals surface area contributed by atoms with Crippen molar-refractivity contribution >= 4 is 34.0 Å². The number of hydrogen-bond donors (Lipinski definition) is 2. The number of hydrazone groups is 1. The number of methoxy groups -OCH3 is 1. The van der Waals surface area contributed by atoms with Crippen LogP contribution in [0.5, 0.6) is 5.75 Å². The van der Waals surface area contributed by atoms with Crippen LogP contribution in [0.4, 0.5) is 4.39 Å². The van der Waals surface area contributed by atoms with Crippen LogP contribution < -0.4 is 15.5 Å². The van der Waals surface area contributed by atoms with Crippen molar-refractivity contribution in [1.82, 2.24) is 10.7 Å². The molecule has 0 bridgehead atoms. The van der Waals surface area contributed by atoms with Crippen molar-refractivity contribution in [1.29, 1.82) is 0 Å². The molecule has 0 aliphatic rings. The van der Waals surface area contributed by atoms with Gasteiger partial charge in [-0.05, 0) is 36.2 Å². The fourth-order valence-corrected chi connectivity index (χ4v) is 2.82. The molecule has 0 fully saturated rings. The highest BCUT2D eigenvalue weighted by Gasteiger charge is 2.25. The van der Waals surface area contributed by atoms with Gasteiger partial charge in [0, 0.05) is 10.0 Å². The second-order valence-corrected chi connectivity index (χ2v) is 7.21. The lowest BCUT2D eigenvalue weighted by molar-refractivity contribution is -0.123. The number of rotatable bonds is 7. The first-order valence-electron chi connectivity index (χ1n) is 8.55. The maximum Gasteiger partial charge on any atom is 0.262 e. The average molecular weight is 450 g/mol. The lowest BCUT2D eigenvalue weighted by Gasteiger charge is -2.20. The predicted molar refractivity (Wildman–Crippen MR) is 109 cm³/mol. The number of amides is 2. The summed E-state index contributed by atoms with van der Waals surface area (Å²) in [7, 11) is 1.53. The number of benzene rings is 2. The van der Waals surface area contributed by atoms with Crippen LogP contribution in [0, 0.1) is 11.7 Å². The highest BCUT2D eigenvalue weighted by Crippen LogP contribution is 2.21. The fraction of sp³-hybridized carbons (Fsp3) is 0.250. The van der Waals surface area contributed by atoms with Gasteiger partial charge in [-0.1, -0.05) is 41.9 Å². The molecule has 0 aliphatic heterocycles. The van der Waals surface area contributed by atoms with E-state index >= 15 is 0 Å². The van der Waals surface area contributed by atoms with E-state index in [2.05, 4.69) is 31.8 Å². The summed E-state index contributed by atoms with van der Waals surface area (Å²) in [4.78, 5) is 24.8. The summed E-state index contributed by atoms with van der Waals surface area (Å²) >= 11 is 3.36. The molecule has 1 atom stereocenters. The summed E-state index contributed by atoms with van der Waals surface area (Å²) < 4.78 is 19.9. The Labute approximate surface area is 171 Å². The van der Waals surface area contributed by atoms with Gasteiger partial charge in [0.1, 0.15) is 17.6 Å². The van der Waals surface area contributed by atoms with Crippen LogP contribution in [-0.2, 0) is 4.79 Å². The molecule has 0 radical (unpaired) electrons. The van der Waals surface area contributed by atoms with E-state index < -0.39 is 23.7 Å². The van der Waals surface area contributed by atoms with Gasteiger partial charge in [-0.25, -0.2) is 9.82 Å². The highest BCUT2D eigenvalue weighted by molar-refractivity contribution is 9.10. The van der Waals surface area contributed by atoms with E-state index in [0.29, 0.717) is 11.3 Å². The van der Waals surface area contributed by atoms with Gasteiger partial charge in [-0.3, -0.25) is 9.59 Å². The van der Waals surface area contributed by atoms with Crippen LogP contribution in [-0.4, -0.2) is 31.2 Å². The fourth-order valence-electron chi connectivity index (χ4n) is 2.44. The maximum absolute atomic E-state index is 13.8. The number of nitrogens with zero attached hydrogens (tertiary/aromatic N) is 1. The third kappa shape index (κ3) is 5.63. The lowest BCUT2D eigenvalue weighted by Crippen LogP contribution is -2.48. The second kappa shape index (κ2) is 9.98. The number of halogens is 2. The summed E-state index contributed by atoms with van der Waals surface area (Å²) in [6, 6.07) is 10.1. The Morgan fingerprint density at radius 3 is 2.57 bits per heavy atom. The van der Waals surface area contributed by atoms with Crippen LogP contribution in [0.2, 0.25) is 0 Å². The Kier molecular flexibility index (Phi) is 7.69. The van der Waals surface area contributed by atoms with Gasteiger partial charge < -0.3 is 10.1 Å². The normalized spacial score (nSPS) is 12.1. The van der Waals surface area contributed by atoms with Crippen LogP contribution in [0.3, 0.4) is 0 Å². The summed E-state index contributed by atoms with van der Waals surface area (Å²) in [6.45, 7) is 3.54. The van der Waals surface area contributed by atoms with Gasteiger partial charge in [0.25, 0.3) is 11.8 Å². The lowest BCUT2D eigenvalue weighted by atomic mass is 10.0. The molecule has 0 heterocycles. The molecule has 8 heteroatoms. The quantitative estimate of drug-likeness (QED) is 0.501. The first-order chi connectivity index (χ1) is 13.3. The zero-order valence-electron chi connectivity index (χ0n) is 15.7. The van der Waals surface area contributed by atoms with Crippen molar-refractivity contribution in [2.75, 3.05) is 7.11 Å². The number of nitrogens with one attached hydrogen (secondary N) is 2. The predicted octanol–water partition coefficient (Wildman–Crippen LogP) is 3.50. The first-order valence-corrected chi connectivity index (χ1v) is 9.34. The van der Waals surface area contributed by atoms with Crippen molar-refractivity contribution in [3.63, 3.8) is 0 Å². The van der Waals surface area contributed by atoms with Crippen LogP contribution >= 0.6 is 15.9 Å². The van der Waals surface area contributed by atoms with Crippen molar-refractivity contribution in [3.05, 3.63) is 63.9 Å². The van der Waals surface area contributed by atoms with E-state index in [1.165, 1.54) is 31.5 Å². The summed E-state index contributed by atoms with van der Waals surface area (Å²) in [5.41, 5.74) is 2.94. The number of carbonyl (C=O) groups is 2. The van der Waals surface area contributed by atoms with E-state index in [0.717, 1.165) is 4.47 Å². The molecule has 0 aromatic heterocycles.